The van der Waals surface area contributed by atoms with Gasteiger partial charge in [0, 0.05) is 23.6 Å². The molecule has 2 N–H and O–H groups in total. The van der Waals surface area contributed by atoms with E-state index in [2.05, 4.69) is 69.0 Å². The number of carbonyl (C=O) groups excluding carboxylic acids is 1. The average molecular weight is 649 g/mol. The molecule has 0 aliphatic carbocycles. The quantitative estimate of drug-likeness (QED) is 0.222. The highest BCUT2D eigenvalue weighted by molar-refractivity contribution is 9.15. The van der Waals surface area contributed by atoms with Crippen molar-refractivity contribution in [3.05, 3.63) is 83.6 Å². The maximum absolute atomic E-state index is 12.9. The molecular formula is C20H11Br4NO4. The number of rotatable bonds is 5. The van der Waals surface area contributed by atoms with E-state index < -0.39 is 11.9 Å². The first-order chi connectivity index (χ1) is 13.8. The average Bonchev–Trinajstić information content (AvgIpc) is 2.70. The van der Waals surface area contributed by atoms with E-state index in [1.807, 2.05) is 30.3 Å². The second-order valence-corrected chi connectivity index (χ2v) is 8.88. The van der Waals surface area contributed by atoms with Crippen LogP contribution in [0.2, 0.25) is 0 Å². The molecule has 3 aromatic carbocycles. The van der Waals surface area contributed by atoms with E-state index in [1.54, 1.807) is 24.3 Å². The van der Waals surface area contributed by atoms with E-state index >= 15 is 0 Å². The Morgan fingerprint density at radius 1 is 0.724 bits per heavy atom. The Bertz CT molecular complexity index is 1090. The van der Waals surface area contributed by atoms with Crippen molar-refractivity contribution in [3.63, 3.8) is 0 Å². The van der Waals surface area contributed by atoms with Gasteiger partial charge in [-0.2, -0.15) is 0 Å². The summed E-state index contributed by atoms with van der Waals surface area (Å²) in [5, 5.41) is 12.3. The molecule has 0 heterocycles. The number of carboxylic acids is 1. The molecule has 9 heteroatoms. The van der Waals surface area contributed by atoms with Crippen LogP contribution in [0, 0.1) is 0 Å². The second-order valence-electron chi connectivity index (χ2n) is 5.70. The summed E-state index contributed by atoms with van der Waals surface area (Å²) >= 11 is 13.2. The molecule has 0 aliphatic heterocycles. The molecule has 0 aliphatic rings. The monoisotopic (exact) mass is 645 g/mol. The van der Waals surface area contributed by atoms with Crippen molar-refractivity contribution in [3.8, 4) is 11.5 Å². The summed E-state index contributed by atoms with van der Waals surface area (Å²) in [6.45, 7) is 0. The second kappa shape index (κ2) is 9.42. The van der Waals surface area contributed by atoms with E-state index in [9.17, 15) is 14.7 Å². The Morgan fingerprint density at radius 2 is 1.24 bits per heavy atom. The van der Waals surface area contributed by atoms with Crippen molar-refractivity contribution in [2.24, 2.45) is 0 Å². The largest absolute Gasteiger partial charge is 0.478 e. The van der Waals surface area contributed by atoms with Gasteiger partial charge in [-0.3, -0.25) is 4.79 Å². The molecule has 0 radical (unpaired) electrons. The van der Waals surface area contributed by atoms with Gasteiger partial charge in [-0.05, 0) is 100 Å². The smallest absolute Gasteiger partial charge is 0.337 e. The van der Waals surface area contributed by atoms with Crippen LogP contribution >= 0.6 is 63.7 Å². The number of carbonyl (C=O) groups is 2. The lowest BCUT2D eigenvalue weighted by Crippen LogP contribution is -2.18. The standard InChI is InChI=1S/C20H11Br4NO4/c21-15-13(14(20(27)28)16(22)18(24)17(15)23)19(26)25-10-6-8-12(9-7-10)29-11-4-2-1-3-5-11/h1-9H,(H,25,26)(H,27,28). The SMILES string of the molecule is O=C(O)c1c(Br)c(Br)c(Br)c(Br)c1C(=O)Nc1ccc(Oc2ccccc2)cc1. The van der Waals surface area contributed by atoms with E-state index in [0.29, 0.717) is 30.6 Å². The molecule has 3 aromatic rings. The van der Waals surface area contributed by atoms with Crippen LogP contribution in [0.3, 0.4) is 0 Å². The zero-order valence-corrected chi connectivity index (χ0v) is 20.7. The zero-order valence-electron chi connectivity index (χ0n) is 14.4. The molecular weight excluding hydrogens is 638 g/mol. The van der Waals surface area contributed by atoms with Crippen molar-refractivity contribution in [2.75, 3.05) is 5.32 Å². The molecule has 0 fully saturated rings. The predicted molar refractivity (Wildman–Crippen MR) is 125 cm³/mol. The molecule has 0 atom stereocenters. The van der Waals surface area contributed by atoms with Crippen LogP contribution in [0.4, 0.5) is 5.69 Å². The minimum atomic E-state index is -1.23. The summed E-state index contributed by atoms with van der Waals surface area (Å²) < 4.78 is 7.31. The number of halogens is 4. The fourth-order valence-electron chi connectivity index (χ4n) is 2.47. The minimum Gasteiger partial charge on any atom is -0.478 e. The van der Waals surface area contributed by atoms with E-state index in [4.69, 9.17) is 4.74 Å². The van der Waals surface area contributed by atoms with E-state index in [1.165, 1.54) is 0 Å². The lowest BCUT2D eigenvalue weighted by atomic mass is 10.1. The summed E-state index contributed by atoms with van der Waals surface area (Å²) in [5.41, 5.74) is 0.325. The number of ether oxygens (including phenoxy) is 1. The van der Waals surface area contributed by atoms with Gasteiger partial charge in [-0.15, -0.1) is 0 Å². The van der Waals surface area contributed by atoms with Crippen LogP contribution in [0.15, 0.2) is 72.5 Å². The van der Waals surface area contributed by atoms with Gasteiger partial charge in [0.15, 0.2) is 0 Å². The lowest BCUT2D eigenvalue weighted by molar-refractivity contribution is 0.0691. The van der Waals surface area contributed by atoms with Gasteiger partial charge >= 0.3 is 5.97 Å². The zero-order chi connectivity index (χ0) is 21.1. The number of carboxylic acid groups (broad SMARTS) is 1. The first kappa shape index (κ1) is 22.0. The molecule has 0 bridgehead atoms. The predicted octanol–water partition coefficient (Wildman–Crippen LogP) is 7.48. The third kappa shape index (κ3) is 4.91. The maximum Gasteiger partial charge on any atom is 0.337 e. The molecule has 0 saturated carbocycles. The normalized spacial score (nSPS) is 10.5. The Labute approximate surface area is 200 Å². The highest BCUT2D eigenvalue weighted by Gasteiger charge is 2.27. The van der Waals surface area contributed by atoms with Crippen LogP contribution in [0.5, 0.6) is 11.5 Å². The first-order valence-corrected chi connectivity index (χ1v) is 11.2. The third-order valence-electron chi connectivity index (χ3n) is 3.80. The van der Waals surface area contributed by atoms with Gasteiger partial charge in [0.1, 0.15) is 11.5 Å². The Kier molecular flexibility index (Phi) is 7.15. The number of anilines is 1. The molecule has 148 valence electrons. The van der Waals surface area contributed by atoms with Crippen molar-refractivity contribution in [2.45, 2.75) is 0 Å². The Hall–Kier alpha value is -1.68. The van der Waals surface area contributed by atoms with Gasteiger partial charge in [0.05, 0.1) is 11.1 Å². The number of nitrogens with one attached hydrogen (secondary N) is 1. The van der Waals surface area contributed by atoms with Gasteiger partial charge < -0.3 is 15.2 Å². The Morgan fingerprint density at radius 3 is 1.79 bits per heavy atom. The van der Waals surface area contributed by atoms with Crippen LogP contribution < -0.4 is 10.1 Å². The van der Waals surface area contributed by atoms with Crippen molar-refractivity contribution >= 4 is 81.3 Å². The summed E-state index contributed by atoms with van der Waals surface area (Å²) in [4.78, 5) is 24.6. The number of amides is 1. The Balaban J connectivity index is 1.86. The fraction of sp³-hybridized carbons (Fsp3) is 0. The van der Waals surface area contributed by atoms with Gasteiger partial charge in [0.2, 0.25) is 0 Å². The molecule has 0 spiro atoms. The summed E-state index contributed by atoms with van der Waals surface area (Å²) in [6, 6.07) is 16.1. The number of hydrogen-bond acceptors (Lipinski definition) is 3. The number of hydrogen-bond donors (Lipinski definition) is 2. The number of benzene rings is 3. The van der Waals surface area contributed by atoms with Crippen LogP contribution in [0.25, 0.3) is 0 Å². The first-order valence-electron chi connectivity index (χ1n) is 8.03. The van der Waals surface area contributed by atoms with Crippen molar-refractivity contribution in [1.82, 2.24) is 0 Å². The molecule has 29 heavy (non-hydrogen) atoms. The van der Waals surface area contributed by atoms with Crippen LogP contribution in [-0.2, 0) is 0 Å². The molecule has 0 aromatic heterocycles. The fourth-order valence-corrected chi connectivity index (χ4v) is 4.94. The molecule has 5 nitrogen and oxygen atoms in total. The molecule has 0 saturated heterocycles. The maximum atomic E-state index is 12.9. The van der Waals surface area contributed by atoms with Crippen molar-refractivity contribution < 1.29 is 19.4 Å². The highest BCUT2D eigenvalue weighted by atomic mass is 79.9. The summed E-state index contributed by atoms with van der Waals surface area (Å²) in [7, 11) is 0. The van der Waals surface area contributed by atoms with Gasteiger partial charge in [0.25, 0.3) is 5.91 Å². The van der Waals surface area contributed by atoms with E-state index in [0.717, 1.165) is 0 Å². The number of aromatic carboxylic acids is 1. The molecule has 1 amide bonds. The highest BCUT2D eigenvalue weighted by Crippen LogP contribution is 2.42. The van der Waals surface area contributed by atoms with Crippen molar-refractivity contribution in [1.29, 1.82) is 0 Å². The number of para-hydroxylation sites is 1. The molecule has 3 rings (SSSR count). The van der Waals surface area contributed by atoms with Crippen LogP contribution in [0.1, 0.15) is 20.7 Å². The summed E-state index contributed by atoms with van der Waals surface area (Å²) in [5.74, 6) is -0.498. The van der Waals surface area contributed by atoms with Gasteiger partial charge in [-0.25, -0.2) is 4.79 Å². The topological polar surface area (TPSA) is 75.6 Å². The lowest BCUT2D eigenvalue weighted by Gasteiger charge is -2.15. The van der Waals surface area contributed by atoms with Crippen LogP contribution in [-0.4, -0.2) is 17.0 Å². The summed E-state index contributed by atoms with van der Waals surface area (Å²) in [6.07, 6.45) is 0. The minimum absolute atomic E-state index is 0.0101. The van der Waals surface area contributed by atoms with E-state index in [-0.39, 0.29) is 15.6 Å². The third-order valence-corrected chi connectivity index (χ3v) is 8.57. The molecule has 0 unspecified atom stereocenters. The van der Waals surface area contributed by atoms with Gasteiger partial charge in [-0.1, -0.05) is 18.2 Å².